The van der Waals surface area contributed by atoms with E-state index in [0.29, 0.717) is 24.4 Å². The first-order valence-corrected chi connectivity index (χ1v) is 11.9. The molecule has 0 radical (unpaired) electrons. The highest BCUT2D eigenvalue weighted by atomic mass is 32.2. The second kappa shape index (κ2) is 11.2. The normalized spacial score (nSPS) is 15.2. The molecule has 33 heavy (non-hydrogen) atoms. The Morgan fingerprint density at radius 3 is 2.42 bits per heavy atom. The Balaban J connectivity index is 1.35. The van der Waals surface area contributed by atoms with Crippen molar-refractivity contribution in [2.75, 3.05) is 19.7 Å². The number of rotatable bonds is 9. The number of carbonyl (C=O) groups is 3. The highest BCUT2D eigenvalue weighted by Crippen LogP contribution is 2.31. The number of benzene rings is 2. The molecule has 2 aromatic rings. The van der Waals surface area contributed by atoms with E-state index in [9.17, 15) is 14.4 Å². The van der Waals surface area contributed by atoms with Crippen LogP contribution in [0, 0.1) is 0 Å². The summed E-state index contributed by atoms with van der Waals surface area (Å²) < 4.78 is 5.71. The van der Waals surface area contributed by atoms with Crippen LogP contribution in [0.2, 0.25) is 0 Å². The minimum atomic E-state index is -0.325. The lowest BCUT2D eigenvalue weighted by molar-refractivity contribution is -0.124. The third-order valence-corrected chi connectivity index (χ3v) is 6.07. The molecule has 1 N–H and O–H groups in total. The fourth-order valence-corrected chi connectivity index (χ4v) is 4.13. The zero-order valence-electron chi connectivity index (χ0n) is 19.3. The standard InChI is InChI=1S/C26H30N2O4S/c1-26(2,3)20-11-13-21(14-12-20)32-17-7-10-23(29)27-15-16-28-24(30)22(33-25(28)31)18-19-8-5-4-6-9-19/h4-6,8-9,11-14,18H,7,10,15-17H2,1-3H3,(H,27,29). The molecule has 7 heteroatoms. The summed E-state index contributed by atoms with van der Waals surface area (Å²) in [6.07, 6.45) is 2.60. The Labute approximate surface area is 199 Å². The number of nitrogens with one attached hydrogen (secondary N) is 1. The Bertz CT molecular complexity index is 1010. The largest absolute Gasteiger partial charge is 0.494 e. The lowest BCUT2D eigenvalue weighted by Gasteiger charge is -2.19. The molecular formula is C26H30N2O4S. The first-order valence-electron chi connectivity index (χ1n) is 11.0. The zero-order valence-corrected chi connectivity index (χ0v) is 20.1. The minimum absolute atomic E-state index is 0.0966. The van der Waals surface area contributed by atoms with Crippen molar-refractivity contribution >= 4 is 34.9 Å². The van der Waals surface area contributed by atoms with Crippen LogP contribution in [0.3, 0.4) is 0 Å². The minimum Gasteiger partial charge on any atom is -0.494 e. The van der Waals surface area contributed by atoms with Crippen molar-refractivity contribution in [3.05, 3.63) is 70.6 Å². The predicted octanol–water partition coefficient (Wildman–Crippen LogP) is 5.00. The van der Waals surface area contributed by atoms with Crippen molar-refractivity contribution in [2.45, 2.75) is 39.0 Å². The molecule has 3 amide bonds. The van der Waals surface area contributed by atoms with Crippen molar-refractivity contribution in [1.82, 2.24) is 10.2 Å². The molecule has 3 rings (SSSR count). The number of imide groups is 1. The number of hydrogen-bond donors (Lipinski definition) is 1. The van der Waals surface area contributed by atoms with Gasteiger partial charge in [-0.3, -0.25) is 19.3 Å². The molecule has 1 aliphatic rings. The summed E-state index contributed by atoms with van der Waals surface area (Å²) in [4.78, 5) is 38.3. The van der Waals surface area contributed by atoms with Crippen LogP contribution in [-0.4, -0.2) is 41.6 Å². The first kappa shape index (κ1) is 24.6. The van der Waals surface area contributed by atoms with Crippen LogP contribution in [0.15, 0.2) is 59.5 Å². The maximum atomic E-state index is 12.5. The molecule has 0 atom stereocenters. The van der Waals surface area contributed by atoms with Gasteiger partial charge in [0.05, 0.1) is 11.5 Å². The molecule has 0 bridgehead atoms. The molecule has 0 unspecified atom stereocenters. The maximum Gasteiger partial charge on any atom is 0.293 e. The monoisotopic (exact) mass is 466 g/mol. The van der Waals surface area contributed by atoms with Crippen molar-refractivity contribution in [3.63, 3.8) is 0 Å². The van der Waals surface area contributed by atoms with Gasteiger partial charge < -0.3 is 10.1 Å². The maximum absolute atomic E-state index is 12.5. The van der Waals surface area contributed by atoms with E-state index in [4.69, 9.17) is 4.74 Å². The smallest absolute Gasteiger partial charge is 0.293 e. The van der Waals surface area contributed by atoms with Crippen LogP contribution in [0.5, 0.6) is 5.75 Å². The highest BCUT2D eigenvalue weighted by Gasteiger charge is 2.34. The highest BCUT2D eigenvalue weighted by molar-refractivity contribution is 8.18. The van der Waals surface area contributed by atoms with Crippen molar-refractivity contribution in [2.24, 2.45) is 0 Å². The van der Waals surface area contributed by atoms with Crippen LogP contribution >= 0.6 is 11.8 Å². The van der Waals surface area contributed by atoms with Crippen LogP contribution < -0.4 is 10.1 Å². The van der Waals surface area contributed by atoms with E-state index in [1.807, 2.05) is 42.5 Å². The first-order chi connectivity index (χ1) is 15.7. The molecule has 174 valence electrons. The number of hydrogen-bond acceptors (Lipinski definition) is 5. The number of amides is 3. The summed E-state index contributed by atoms with van der Waals surface area (Å²) in [5.41, 5.74) is 2.20. The SMILES string of the molecule is CC(C)(C)c1ccc(OCCCC(=O)NCCN2C(=O)SC(=Cc3ccccc3)C2=O)cc1. The second-order valence-corrected chi connectivity index (χ2v) is 9.81. The van der Waals surface area contributed by atoms with Gasteiger partial charge in [-0.05, 0) is 52.9 Å². The topological polar surface area (TPSA) is 75.7 Å². The molecule has 0 aromatic heterocycles. The van der Waals surface area contributed by atoms with Crippen molar-refractivity contribution in [1.29, 1.82) is 0 Å². The average molecular weight is 467 g/mol. The van der Waals surface area contributed by atoms with Crippen LogP contribution in [-0.2, 0) is 15.0 Å². The van der Waals surface area contributed by atoms with Gasteiger partial charge in [-0.15, -0.1) is 0 Å². The van der Waals surface area contributed by atoms with Gasteiger partial charge >= 0.3 is 0 Å². The van der Waals surface area contributed by atoms with E-state index in [1.165, 1.54) is 10.5 Å². The average Bonchev–Trinajstić information content (AvgIpc) is 3.04. The lowest BCUT2D eigenvalue weighted by Crippen LogP contribution is -2.37. The van der Waals surface area contributed by atoms with Crippen LogP contribution in [0.4, 0.5) is 4.79 Å². The van der Waals surface area contributed by atoms with Gasteiger partial charge in [-0.1, -0.05) is 63.2 Å². The number of nitrogens with zero attached hydrogens (tertiary/aromatic N) is 1. The molecule has 6 nitrogen and oxygen atoms in total. The molecule has 1 fully saturated rings. The van der Waals surface area contributed by atoms with E-state index < -0.39 is 0 Å². The third kappa shape index (κ3) is 7.22. The molecule has 0 spiro atoms. The summed E-state index contributed by atoms with van der Waals surface area (Å²) in [7, 11) is 0. The third-order valence-electron chi connectivity index (χ3n) is 5.17. The van der Waals surface area contributed by atoms with Gasteiger partial charge in [0.2, 0.25) is 5.91 Å². The van der Waals surface area contributed by atoms with Gasteiger partial charge in [-0.2, -0.15) is 0 Å². The van der Waals surface area contributed by atoms with Gasteiger partial charge in [-0.25, -0.2) is 0 Å². The predicted molar refractivity (Wildman–Crippen MR) is 132 cm³/mol. The Morgan fingerprint density at radius 2 is 1.76 bits per heavy atom. The summed E-state index contributed by atoms with van der Waals surface area (Å²) in [6.45, 7) is 7.31. The van der Waals surface area contributed by atoms with Gasteiger partial charge in [0.15, 0.2) is 0 Å². The Morgan fingerprint density at radius 1 is 1.06 bits per heavy atom. The molecule has 0 saturated carbocycles. The van der Waals surface area contributed by atoms with E-state index in [1.54, 1.807) is 6.08 Å². The van der Waals surface area contributed by atoms with Crippen LogP contribution in [0.1, 0.15) is 44.7 Å². The Hall–Kier alpha value is -3.06. The number of thioether (sulfide) groups is 1. The summed E-state index contributed by atoms with van der Waals surface area (Å²) in [5.74, 6) is 0.328. The van der Waals surface area contributed by atoms with E-state index in [-0.39, 0.29) is 35.6 Å². The molecule has 1 aliphatic heterocycles. The summed E-state index contributed by atoms with van der Waals surface area (Å²) in [6, 6.07) is 17.4. The van der Waals surface area contributed by atoms with E-state index in [2.05, 4.69) is 38.2 Å². The van der Waals surface area contributed by atoms with E-state index in [0.717, 1.165) is 23.1 Å². The van der Waals surface area contributed by atoms with Crippen molar-refractivity contribution in [3.8, 4) is 5.75 Å². The zero-order chi connectivity index (χ0) is 23.8. The molecule has 0 aliphatic carbocycles. The quantitative estimate of drug-likeness (QED) is 0.416. The second-order valence-electron chi connectivity index (χ2n) is 8.82. The van der Waals surface area contributed by atoms with Crippen molar-refractivity contribution < 1.29 is 19.1 Å². The summed E-state index contributed by atoms with van der Waals surface area (Å²) in [5, 5.41) is 2.45. The fraction of sp³-hybridized carbons (Fsp3) is 0.346. The number of ether oxygens (including phenoxy) is 1. The number of carbonyl (C=O) groups excluding carboxylic acids is 3. The summed E-state index contributed by atoms with van der Waals surface area (Å²) >= 11 is 0.922. The fourth-order valence-electron chi connectivity index (χ4n) is 3.26. The molecule has 1 saturated heterocycles. The van der Waals surface area contributed by atoms with Gasteiger partial charge in [0.25, 0.3) is 11.1 Å². The molecule has 2 aromatic carbocycles. The van der Waals surface area contributed by atoms with Crippen LogP contribution in [0.25, 0.3) is 6.08 Å². The Kier molecular flexibility index (Phi) is 8.33. The molecular weight excluding hydrogens is 436 g/mol. The van der Waals surface area contributed by atoms with Gasteiger partial charge in [0.1, 0.15) is 5.75 Å². The lowest BCUT2D eigenvalue weighted by atomic mass is 9.87. The van der Waals surface area contributed by atoms with Gasteiger partial charge in [0, 0.05) is 19.5 Å². The molecule has 1 heterocycles. The van der Waals surface area contributed by atoms with E-state index >= 15 is 0 Å².